The van der Waals surface area contributed by atoms with Crippen LogP contribution in [0, 0.1) is 17.5 Å². The average molecular weight is 416 g/mol. The number of aryl methyl sites for hydroxylation is 1. The quantitative estimate of drug-likeness (QED) is 0.515. The number of benzene rings is 2. The summed E-state index contributed by atoms with van der Waals surface area (Å²) in [6.45, 7) is -0.336. The van der Waals surface area contributed by atoms with Gasteiger partial charge in [0.05, 0.1) is 11.9 Å². The zero-order valence-corrected chi connectivity index (χ0v) is 15.4. The number of halogens is 3. The summed E-state index contributed by atoms with van der Waals surface area (Å²) in [4.78, 5) is 16.4. The van der Waals surface area contributed by atoms with Gasteiger partial charge in [-0.1, -0.05) is 11.3 Å². The highest BCUT2D eigenvalue weighted by Crippen LogP contribution is 2.30. The second-order valence-corrected chi connectivity index (χ2v) is 6.78. The minimum Gasteiger partial charge on any atom is -0.383 e. The van der Waals surface area contributed by atoms with Gasteiger partial charge in [0.25, 0.3) is 5.56 Å². The Balaban J connectivity index is 1.69. The van der Waals surface area contributed by atoms with E-state index in [9.17, 15) is 23.1 Å². The van der Waals surface area contributed by atoms with Gasteiger partial charge >= 0.3 is 0 Å². The zero-order chi connectivity index (χ0) is 21.3. The topological polar surface area (TPSA) is 98.7 Å². The monoisotopic (exact) mass is 416 g/mol. The Labute approximate surface area is 167 Å². The molecule has 154 valence electrons. The van der Waals surface area contributed by atoms with Gasteiger partial charge in [-0.2, -0.15) is 5.10 Å². The highest BCUT2D eigenvalue weighted by molar-refractivity contribution is 5.76. The standard InChI is InChI=1S/C19H15F3N6O2/c20-12-2-4-15(16(22)7-12)19(30,9-27-11-23-10-24-27)5-6-28-18(29)14-3-1-13(21)8-17(14)25-26-28/h1-4,7-8,10-11,30H,5-6,9H2. The number of aromatic nitrogens is 6. The Bertz CT molecular complexity index is 1260. The molecular weight excluding hydrogens is 401 g/mol. The van der Waals surface area contributed by atoms with E-state index in [1.54, 1.807) is 0 Å². The van der Waals surface area contributed by atoms with Crippen LogP contribution in [-0.2, 0) is 18.7 Å². The molecule has 1 N–H and O–H groups in total. The fourth-order valence-corrected chi connectivity index (χ4v) is 3.24. The molecule has 0 amide bonds. The minimum absolute atomic E-state index is 0.0960. The molecule has 0 aliphatic heterocycles. The smallest absolute Gasteiger partial charge is 0.277 e. The van der Waals surface area contributed by atoms with Gasteiger partial charge in [0.15, 0.2) is 0 Å². The molecule has 0 bridgehead atoms. The summed E-state index contributed by atoms with van der Waals surface area (Å²) in [7, 11) is 0. The molecule has 0 aliphatic rings. The molecule has 8 nitrogen and oxygen atoms in total. The van der Waals surface area contributed by atoms with Crippen LogP contribution < -0.4 is 5.56 Å². The van der Waals surface area contributed by atoms with Gasteiger partial charge < -0.3 is 5.11 Å². The number of nitrogens with zero attached hydrogens (tertiary/aromatic N) is 6. The second-order valence-electron chi connectivity index (χ2n) is 6.78. The van der Waals surface area contributed by atoms with Gasteiger partial charge in [-0.15, -0.1) is 5.10 Å². The Kier molecular flexibility index (Phi) is 5.04. The van der Waals surface area contributed by atoms with E-state index in [1.807, 2.05) is 0 Å². The number of hydrogen-bond acceptors (Lipinski definition) is 6. The molecule has 30 heavy (non-hydrogen) atoms. The third-order valence-electron chi connectivity index (χ3n) is 4.74. The van der Waals surface area contributed by atoms with E-state index in [4.69, 9.17) is 0 Å². The lowest BCUT2D eigenvalue weighted by Gasteiger charge is -2.29. The maximum absolute atomic E-state index is 14.4. The molecule has 4 aromatic rings. The van der Waals surface area contributed by atoms with Crippen LogP contribution in [0.3, 0.4) is 0 Å². The van der Waals surface area contributed by atoms with Crippen LogP contribution in [0.1, 0.15) is 12.0 Å². The van der Waals surface area contributed by atoms with Crippen LogP contribution in [0.5, 0.6) is 0 Å². The maximum atomic E-state index is 14.4. The van der Waals surface area contributed by atoms with Crippen LogP contribution in [0.2, 0.25) is 0 Å². The van der Waals surface area contributed by atoms with Gasteiger partial charge in [-0.3, -0.25) is 4.79 Å². The van der Waals surface area contributed by atoms with Crippen LogP contribution >= 0.6 is 0 Å². The molecular formula is C19H15F3N6O2. The normalized spacial score (nSPS) is 13.5. The summed E-state index contributed by atoms with van der Waals surface area (Å²) < 4.78 is 43.4. The Hall–Kier alpha value is -3.60. The van der Waals surface area contributed by atoms with Crippen molar-refractivity contribution in [1.82, 2.24) is 29.8 Å². The van der Waals surface area contributed by atoms with Gasteiger partial charge in [-0.25, -0.2) is 27.5 Å². The third-order valence-corrected chi connectivity index (χ3v) is 4.74. The first-order valence-corrected chi connectivity index (χ1v) is 8.89. The maximum Gasteiger partial charge on any atom is 0.277 e. The van der Waals surface area contributed by atoms with Crippen molar-refractivity contribution in [2.24, 2.45) is 0 Å². The van der Waals surface area contributed by atoms with Gasteiger partial charge in [0.2, 0.25) is 0 Å². The molecule has 0 fully saturated rings. The van der Waals surface area contributed by atoms with Crippen molar-refractivity contribution in [2.45, 2.75) is 25.1 Å². The SMILES string of the molecule is O=c1c2ccc(F)cc2nnn1CCC(O)(Cn1cncn1)c1ccc(F)cc1F. The summed E-state index contributed by atoms with van der Waals surface area (Å²) in [5, 5.41) is 22.9. The molecule has 0 saturated carbocycles. The summed E-state index contributed by atoms with van der Waals surface area (Å²) in [5.74, 6) is -2.28. The van der Waals surface area contributed by atoms with Crippen LogP contribution in [0.25, 0.3) is 10.9 Å². The van der Waals surface area contributed by atoms with Crippen molar-refractivity contribution >= 4 is 10.9 Å². The molecule has 1 atom stereocenters. The van der Waals surface area contributed by atoms with Crippen molar-refractivity contribution in [1.29, 1.82) is 0 Å². The molecule has 0 saturated heterocycles. The third kappa shape index (κ3) is 3.79. The average Bonchev–Trinajstić information content (AvgIpc) is 3.20. The molecule has 0 spiro atoms. The molecule has 1 unspecified atom stereocenters. The summed E-state index contributed by atoms with van der Waals surface area (Å²) >= 11 is 0. The highest BCUT2D eigenvalue weighted by Gasteiger charge is 2.33. The van der Waals surface area contributed by atoms with E-state index in [0.717, 1.165) is 28.9 Å². The van der Waals surface area contributed by atoms with Gasteiger partial charge in [0.1, 0.15) is 41.2 Å². The number of aliphatic hydroxyl groups is 1. The van der Waals surface area contributed by atoms with Crippen LogP contribution in [-0.4, -0.2) is 34.9 Å². The summed E-state index contributed by atoms with van der Waals surface area (Å²) in [6.07, 6.45) is 2.42. The summed E-state index contributed by atoms with van der Waals surface area (Å²) in [6, 6.07) is 6.34. The largest absolute Gasteiger partial charge is 0.383 e. The zero-order valence-electron chi connectivity index (χ0n) is 15.4. The first-order chi connectivity index (χ1) is 14.4. The lowest BCUT2D eigenvalue weighted by Crippen LogP contribution is -2.36. The molecule has 11 heteroatoms. The van der Waals surface area contributed by atoms with Crippen molar-refractivity contribution < 1.29 is 18.3 Å². The lowest BCUT2D eigenvalue weighted by molar-refractivity contribution is -0.00227. The number of fused-ring (bicyclic) bond motifs is 1. The Morgan fingerprint density at radius 1 is 1.07 bits per heavy atom. The van der Waals surface area contributed by atoms with E-state index in [1.165, 1.54) is 23.4 Å². The number of hydrogen-bond donors (Lipinski definition) is 1. The van der Waals surface area contributed by atoms with Crippen molar-refractivity contribution in [2.75, 3.05) is 0 Å². The Morgan fingerprint density at radius 3 is 2.57 bits per heavy atom. The molecule has 0 aliphatic carbocycles. The van der Waals surface area contributed by atoms with Crippen molar-refractivity contribution in [3.8, 4) is 0 Å². The number of rotatable bonds is 6. The fraction of sp³-hybridized carbons (Fsp3) is 0.211. The highest BCUT2D eigenvalue weighted by atomic mass is 19.1. The van der Waals surface area contributed by atoms with Crippen molar-refractivity contribution in [3.05, 3.63) is 82.4 Å². The molecule has 2 heterocycles. The van der Waals surface area contributed by atoms with E-state index in [2.05, 4.69) is 20.4 Å². The molecule has 4 rings (SSSR count). The van der Waals surface area contributed by atoms with E-state index in [-0.39, 0.29) is 36.0 Å². The minimum atomic E-state index is -1.86. The first-order valence-electron chi connectivity index (χ1n) is 8.89. The molecule has 0 radical (unpaired) electrons. The molecule has 2 aromatic heterocycles. The van der Waals surface area contributed by atoms with Gasteiger partial charge in [0, 0.05) is 30.7 Å². The van der Waals surface area contributed by atoms with Crippen LogP contribution in [0.4, 0.5) is 13.2 Å². The Morgan fingerprint density at radius 2 is 1.83 bits per heavy atom. The van der Waals surface area contributed by atoms with E-state index >= 15 is 0 Å². The van der Waals surface area contributed by atoms with Crippen LogP contribution in [0.15, 0.2) is 53.8 Å². The second kappa shape index (κ2) is 7.67. The summed E-state index contributed by atoms with van der Waals surface area (Å²) in [5.41, 5.74) is -2.46. The predicted molar refractivity (Wildman–Crippen MR) is 98.6 cm³/mol. The first kappa shape index (κ1) is 19.7. The molecule has 2 aromatic carbocycles. The predicted octanol–water partition coefficient (Wildman–Crippen LogP) is 1.78. The van der Waals surface area contributed by atoms with Crippen molar-refractivity contribution in [3.63, 3.8) is 0 Å². The van der Waals surface area contributed by atoms with Gasteiger partial charge in [-0.05, 0) is 18.2 Å². The van der Waals surface area contributed by atoms with E-state index in [0.29, 0.717) is 6.07 Å². The fourth-order valence-electron chi connectivity index (χ4n) is 3.24. The van der Waals surface area contributed by atoms with E-state index < -0.39 is 28.6 Å². The lowest BCUT2D eigenvalue weighted by atomic mass is 9.89.